The lowest BCUT2D eigenvalue weighted by Gasteiger charge is -2.18. The second-order valence-corrected chi connectivity index (χ2v) is 8.62. The minimum atomic E-state index is -2.86. The Bertz CT molecular complexity index is 486. The van der Waals surface area contributed by atoms with Crippen LogP contribution in [0, 0.1) is 5.41 Å². The fourth-order valence-corrected chi connectivity index (χ4v) is 4.44. The van der Waals surface area contributed by atoms with Crippen molar-refractivity contribution in [3.8, 4) is 0 Å². The fourth-order valence-electron chi connectivity index (χ4n) is 2.77. The van der Waals surface area contributed by atoms with Crippen LogP contribution in [0.1, 0.15) is 39.5 Å². The average molecular weight is 331 g/mol. The van der Waals surface area contributed by atoms with E-state index in [1.165, 1.54) is 12.8 Å². The highest BCUT2D eigenvalue weighted by atomic mass is 32.2. The standard InChI is InChI=1S/C15H29N3O3S/c1-3-16-14(18-13-5-10-22(19,20)11-13)17-12-15(6-7-15)8-9-21-4-2/h13H,3-12H2,1-2H3,(H2,16,17,18). The first-order chi connectivity index (χ1) is 10.5. The van der Waals surface area contributed by atoms with Gasteiger partial charge < -0.3 is 15.4 Å². The third kappa shape index (κ3) is 5.43. The van der Waals surface area contributed by atoms with Crippen LogP contribution in [-0.4, -0.2) is 58.2 Å². The predicted molar refractivity (Wildman–Crippen MR) is 89.0 cm³/mol. The van der Waals surface area contributed by atoms with E-state index < -0.39 is 9.84 Å². The number of sulfone groups is 1. The lowest BCUT2D eigenvalue weighted by molar-refractivity contribution is 0.129. The van der Waals surface area contributed by atoms with E-state index in [0.29, 0.717) is 11.8 Å². The molecule has 1 unspecified atom stereocenters. The van der Waals surface area contributed by atoms with Crippen molar-refractivity contribution in [2.75, 3.05) is 37.8 Å². The van der Waals surface area contributed by atoms with Crippen LogP contribution in [-0.2, 0) is 14.6 Å². The summed E-state index contributed by atoms with van der Waals surface area (Å²) in [5, 5.41) is 6.49. The van der Waals surface area contributed by atoms with Crippen molar-refractivity contribution in [2.24, 2.45) is 10.4 Å². The Kier molecular flexibility index (Phi) is 6.09. The van der Waals surface area contributed by atoms with Crippen LogP contribution < -0.4 is 10.6 Å². The van der Waals surface area contributed by atoms with E-state index in [1.54, 1.807) is 0 Å². The molecule has 0 radical (unpaired) electrons. The molecule has 2 N–H and O–H groups in total. The Hall–Kier alpha value is -0.820. The molecule has 1 heterocycles. The number of hydrogen-bond donors (Lipinski definition) is 2. The summed E-state index contributed by atoms with van der Waals surface area (Å²) in [6.45, 7) is 7.16. The number of nitrogens with zero attached hydrogens (tertiary/aromatic N) is 1. The van der Waals surface area contributed by atoms with Gasteiger partial charge in [-0.25, -0.2) is 8.42 Å². The summed E-state index contributed by atoms with van der Waals surface area (Å²) in [6.07, 6.45) is 4.14. The quantitative estimate of drug-likeness (QED) is 0.393. The summed E-state index contributed by atoms with van der Waals surface area (Å²) in [7, 11) is -2.86. The highest BCUT2D eigenvalue weighted by Crippen LogP contribution is 2.49. The number of ether oxygens (including phenoxy) is 1. The van der Waals surface area contributed by atoms with Crippen LogP contribution >= 0.6 is 0 Å². The summed E-state index contributed by atoms with van der Waals surface area (Å²) in [5.41, 5.74) is 0.305. The lowest BCUT2D eigenvalue weighted by atomic mass is 10.0. The molecule has 0 bridgehead atoms. The number of hydrogen-bond acceptors (Lipinski definition) is 4. The molecule has 1 saturated carbocycles. The summed E-state index contributed by atoms with van der Waals surface area (Å²) in [5.74, 6) is 1.24. The SMILES string of the molecule is CCNC(=NCC1(CCOCC)CC1)NC1CCS(=O)(=O)C1. The minimum Gasteiger partial charge on any atom is -0.382 e. The molecule has 22 heavy (non-hydrogen) atoms. The molecule has 128 valence electrons. The van der Waals surface area contributed by atoms with E-state index >= 15 is 0 Å². The van der Waals surface area contributed by atoms with Crippen LogP contribution in [0.3, 0.4) is 0 Å². The van der Waals surface area contributed by atoms with E-state index in [9.17, 15) is 8.42 Å². The first-order valence-corrected chi connectivity index (χ1v) is 10.1. The highest BCUT2D eigenvalue weighted by Gasteiger charge is 2.42. The van der Waals surface area contributed by atoms with E-state index in [-0.39, 0.29) is 17.5 Å². The van der Waals surface area contributed by atoms with Crippen molar-refractivity contribution in [1.82, 2.24) is 10.6 Å². The molecule has 7 heteroatoms. The molecule has 1 saturated heterocycles. The Morgan fingerprint density at radius 3 is 2.68 bits per heavy atom. The van der Waals surface area contributed by atoms with Crippen molar-refractivity contribution in [1.29, 1.82) is 0 Å². The molecular formula is C15H29N3O3S. The highest BCUT2D eigenvalue weighted by molar-refractivity contribution is 7.91. The van der Waals surface area contributed by atoms with Crippen molar-refractivity contribution in [2.45, 2.75) is 45.6 Å². The van der Waals surface area contributed by atoms with Gasteiger partial charge in [-0.2, -0.15) is 0 Å². The van der Waals surface area contributed by atoms with Gasteiger partial charge in [0.2, 0.25) is 0 Å². The van der Waals surface area contributed by atoms with Gasteiger partial charge in [0.15, 0.2) is 15.8 Å². The number of aliphatic imine (C=N–C) groups is 1. The molecule has 0 aromatic rings. The molecule has 0 spiro atoms. The molecule has 6 nitrogen and oxygen atoms in total. The van der Waals surface area contributed by atoms with Gasteiger partial charge in [0, 0.05) is 32.3 Å². The maximum Gasteiger partial charge on any atom is 0.191 e. The third-order valence-electron chi connectivity index (χ3n) is 4.43. The van der Waals surface area contributed by atoms with Crippen molar-refractivity contribution in [3.05, 3.63) is 0 Å². The Labute approximate surface area is 134 Å². The molecule has 2 rings (SSSR count). The maximum absolute atomic E-state index is 11.5. The third-order valence-corrected chi connectivity index (χ3v) is 6.20. The van der Waals surface area contributed by atoms with Gasteiger partial charge in [0.1, 0.15) is 0 Å². The van der Waals surface area contributed by atoms with Gasteiger partial charge in [0.05, 0.1) is 11.5 Å². The first-order valence-electron chi connectivity index (χ1n) is 8.32. The summed E-state index contributed by atoms with van der Waals surface area (Å²) in [4.78, 5) is 4.68. The molecule has 1 aliphatic heterocycles. The van der Waals surface area contributed by atoms with Gasteiger partial charge in [-0.1, -0.05) is 0 Å². The van der Waals surface area contributed by atoms with Gasteiger partial charge in [-0.3, -0.25) is 4.99 Å². The summed E-state index contributed by atoms with van der Waals surface area (Å²) in [6, 6.07) is -0.0126. The zero-order valence-corrected chi connectivity index (χ0v) is 14.5. The summed E-state index contributed by atoms with van der Waals surface area (Å²) < 4.78 is 28.5. The van der Waals surface area contributed by atoms with Crippen molar-refractivity contribution >= 4 is 15.8 Å². The molecule has 0 aromatic carbocycles. The second-order valence-electron chi connectivity index (χ2n) is 6.39. The van der Waals surface area contributed by atoms with Gasteiger partial charge in [-0.15, -0.1) is 0 Å². The van der Waals surface area contributed by atoms with Crippen LogP contribution in [0.25, 0.3) is 0 Å². The number of nitrogens with one attached hydrogen (secondary N) is 2. The Morgan fingerprint density at radius 2 is 2.14 bits per heavy atom. The van der Waals surface area contributed by atoms with Crippen molar-refractivity contribution in [3.63, 3.8) is 0 Å². The lowest BCUT2D eigenvalue weighted by Crippen LogP contribution is -2.44. The zero-order chi connectivity index (χ0) is 16.1. The number of guanidine groups is 1. The minimum absolute atomic E-state index is 0.0126. The van der Waals surface area contributed by atoms with E-state index in [2.05, 4.69) is 15.6 Å². The van der Waals surface area contributed by atoms with E-state index in [0.717, 1.165) is 38.7 Å². The average Bonchev–Trinajstić information content (AvgIpc) is 3.15. The Morgan fingerprint density at radius 1 is 1.36 bits per heavy atom. The van der Waals surface area contributed by atoms with Crippen molar-refractivity contribution < 1.29 is 13.2 Å². The molecular weight excluding hydrogens is 302 g/mol. The van der Waals surface area contributed by atoms with E-state index in [1.807, 2.05) is 13.8 Å². The van der Waals surface area contributed by atoms with Gasteiger partial charge >= 0.3 is 0 Å². The maximum atomic E-state index is 11.5. The number of rotatable bonds is 8. The molecule has 2 aliphatic rings. The van der Waals surface area contributed by atoms with E-state index in [4.69, 9.17) is 4.74 Å². The molecule has 2 fully saturated rings. The van der Waals surface area contributed by atoms with Crippen LogP contribution in [0.4, 0.5) is 0 Å². The predicted octanol–water partition coefficient (Wildman–Crippen LogP) is 0.935. The van der Waals surface area contributed by atoms with Gasteiger partial charge in [-0.05, 0) is 44.9 Å². The topological polar surface area (TPSA) is 79.8 Å². The largest absolute Gasteiger partial charge is 0.382 e. The monoisotopic (exact) mass is 331 g/mol. The Balaban J connectivity index is 1.85. The first kappa shape index (κ1) is 17.5. The smallest absolute Gasteiger partial charge is 0.191 e. The molecule has 1 aliphatic carbocycles. The van der Waals surface area contributed by atoms with Crippen LogP contribution in [0.5, 0.6) is 0 Å². The normalized spacial score (nSPS) is 25.9. The molecule has 1 atom stereocenters. The molecule has 0 amide bonds. The summed E-state index contributed by atoms with van der Waals surface area (Å²) >= 11 is 0. The second kappa shape index (κ2) is 7.64. The zero-order valence-electron chi connectivity index (χ0n) is 13.7. The van der Waals surface area contributed by atoms with Crippen LogP contribution in [0.2, 0.25) is 0 Å². The fraction of sp³-hybridized carbons (Fsp3) is 0.933. The van der Waals surface area contributed by atoms with Crippen LogP contribution in [0.15, 0.2) is 4.99 Å². The molecule has 0 aromatic heterocycles. The van der Waals surface area contributed by atoms with Gasteiger partial charge in [0.25, 0.3) is 0 Å².